The van der Waals surface area contributed by atoms with E-state index in [0.717, 1.165) is 39.0 Å². The molecule has 2 nitrogen and oxygen atoms in total. The summed E-state index contributed by atoms with van der Waals surface area (Å²) in [6.07, 6.45) is 3.41. The predicted octanol–water partition coefficient (Wildman–Crippen LogP) is 4.18. The van der Waals surface area contributed by atoms with E-state index in [1.165, 1.54) is 10.0 Å². The van der Waals surface area contributed by atoms with Gasteiger partial charge in [-0.1, -0.05) is 28.1 Å². The van der Waals surface area contributed by atoms with Crippen molar-refractivity contribution in [3.05, 3.63) is 34.3 Å². The Bertz CT molecular complexity index is 433. The third-order valence-electron chi connectivity index (χ3n) is 4.02. The molecular formula is C17H26BrNO. The van der Waals surface area contributed by atoms with Gasteiger partial charge >= 0.3 is 0 Å². The molecule has 0 aromatic heterocycles. The van der Waals surface area contributed by atoms with Crippen LogP contribution in [0.2, 0.25) is 0 Å². The van der Waals surface area contributed by atoms with Crippen LogP contribution in [0.5, 0.6) is 0 Å². The first-order chi connectivity index (χ1) is 9.39. The Labute approximate surface area is 131 Å². The molecule has 0 aliphatic carbocycles. The second-order valence-electron chi connectivity index (χ2n) is 7.02. The lowest BCUT2D eigenvalue weighted by atomic mass is 9.74. The largest absolute Gasteiger partial charge is 0.381 e. The molecule has 112 valence electrons. The quantitative estimate of drug-likeness (QED) is 0.888. The summed E-state index contributed by atoms with van der Waals surface area (Å²) in [6.45, 7) is 9.55. The van der Waals surface area contributed by atoms with Gasteiger partial charge in [0.25, 0.3) is 0 Å². The van der Waals surface area contributed by atoms with Crippen molar-refractivity contribution in [3.63, 3.8) is 0 Å². The van der Waals surface area contributed by atoms with Gasteiger partial charge in [-0.3, -0.25) is 0 Å². The van der Waals surface area contributed by atoms with Crippen LogP contribution in [-0.2, 0) is 11.2 Å². The maximum atomic E-state index is 5.58. The Morgan fingerprint density at radius 2 is 1.95 bits per heavy atom. The Balaban J connectivity index is 2.10. The van der Waals surface area contributed by atoms with E-state index in [1.807, 2.05) is 0 Å². The zero-order valence-electron chi connectivity index (χ0n) is 12.8. The molecule has 1 aromatic carbocycles. The minimum Gasteiger partial charge on any atom is -0.381 e. The molecule has 1 N–H and O–H groups in total. The van der Waals surface area contributed by atoms with Gasteiger partial charge in [-0.25, -0.2) is 0 Å². The smallest absolute Gasteiger partial charge is 0.0471 e. The van der Waals surface area contributed by atoms with Crippen molar-refractivity contribution in [2.45, 2.75) is 45.6 Å². The average molecular weight is 340 g/mol. The van der Waals surface area contributed by atoms with Crippen LogP contribution in [0.15, 0.2) is 28.7 Å². The molecule has 0 amide bonds. The van der Waals surface area contributed by atoms with Crippen LogP contribution in [0.25, 0.3) is 0 Å². The minimum absolute atomic E-state index is 0.169. The fourth-order valence-electron chi connectivity index (χ4n) is 2.75. The van der Waals surface area contributed by atoms with Crippen molar-refractivity contribution in [2.75, 3.05) is 19.8 Å². The normalized spacial score (nSPS) is 19.0. The summed E-state index contributed by atoms with van der Waals surface area (Å²) in [5.74, 6) is 0. The van der Waals surface area contributed by atoms with Crippen molar-refractivity contribution >= 4 is 15.9 Å². The molecule has 1 aliphatic rings. The second kappa shape index (κ2) is 6.59. The number of hydrogen-bond acceptors (Lipinski definition) is 2. The summed E-state index contributed by atoms with van der Waals surface area (Å²) >= 11 is 3.58. The maximum absolute atomic E-state index is 5.58. The highest BCUT2D eigenvalue weighted by atomic mass is 79.9. The molecule has 1 aromatic rings. The Kier molecular flexibility index (Phi) is 5.27. The van der Waals surface area contributed by atoms with E-state index in [2.05, 4.69) is 66.3 Å². The van der Waals surface area contributed by atoms with Gasteiger partial charge in [-0.05, 0) is 63.1 Å². The highest BCUT2D eigenvalue weighted by Gasteiger charge is 2.33. The topological polar surface area (TPSA) is 21.3 Å². The van der Waals surface area contributed by atoms with Crippen molar-refractivity contribution < 1.29 is 4.74 Å². The van der Waals surface area contributed by atoms with E-state index in [0.29, 0.717) is 5.41 Å². The molecule has 1 saturated heterocycles. The number of halogens is 1. The van der Waals surface area contributed by atoms with Crippen molar-refractivity contribution in [2.24, 2.45) is 5.41 Å². The number of hydrogen-bond donors (Lipinski definition) is 1. The Morgan fingerprint density at radius 3 is 2.55 bits per heavy atom. The maximum Gasteiger partial charge on any atom is 0.0471 e. The first kappa shape index (κ1) is 16.0. The monoisotopic (exact) mass is 339 g/mol. The fourth-order valence-corrected chi connectivity index (χ4v) is 3.20. The van der Waals surface area contributed by atoms with Gasteiger partial charge in [0.1, 0.15) is 0 Å². The molecule has 0 bridgehead atoms. The third-order valence-corrected chi connectivity index (χ3v) is 4.51. The Hall–Kier alpha value is -0.380. The molecule has 0 saturated carbocycles. The van der Waals surface area contributed by atoms with Gasteiger partial charge in [0.05, 0.1) is 0 Å². The molecule has 0 unspecified atom stereocenters. The molecule has 1 fully saturated rings. The molecule has 0 atom stereocenters. The zero-order valence-corrected chi connectivity index (χ0v) is 14.4. The van der Waals surface area contributed by atoms with Crippen LogP contribution in [0, 0.1) is 5.41 Å². The van der Waals surface area contributed by atoms with Gasteiger partial charge in [0, 0.05) is 29.8 Å². The third kappa shape index (κ3) is 4.87. The minimum atomic E-state index is 0.169. The van der Waals surface area contributed by atoms with E-state index in [9.17, 15) is 0 Å². The highest BCUT2D eigenvalue weighted by molar-refractivity contribution is 9.10. The SMILES string of the molecule is CC(C)(C)NCC1(Cc2cccc(Br)c2)CCOCC1. The average Bonchev–Trinajstić information content (AvgIpc) is 2.37. The number of ether oxygens (including phenoxy) is 1. The summed E-state index contributed by atoms with van der Waals surface area (Å²) < 4.78 is 6.75. The molecule has 2 rings (SSSR count). The van der Waals surface area contributed by atoms with Gasteiger partial charge in [0.15, 0.2) is 0 Å². The van der Waals surface area contributed by atoms with Crippen molar-refractivity contribution in [1.82, 2.24) is 5.32 Å². The van der Waals surface area contributed by atoms with E-state index >= 15 is 0 Å². The van der Waals surface area contributed by atoms with E-state index < -0.39 is 0 Å². The van der Waals surface area contributed by atoms with Crippen LogP contribution >= 0.6 is 15.9 Å². The van der Waals surface area contributed by atoms with E-state index in [4.69, 9.17) is 4.74 Å². The molecular weight excluding hydrogens is 314 g/mol. The molecule has 0 radical (unpaired) electrons. The lowest BCUT2D eigenvalue weighted by Gasteiger charge is -2.40. The van der Waals surface area contributed by atoms with Crippen LogP contribution in [0.3, 0.4) is 0 Å². The van der Waals surface area contributed by atoms with E-state index in [1.54, 1.807) is 0 Å². The summed E-state index contributed by atoms with van der Waals surface area (Å²) in [5.41, 5.74) is 1.91. The zero-order chi connectivity index (χ0) is 14.6. The summed E-state index contributed by atoms with van der Waals surface area (Å²) in [7, 11) is 0. The molecule has 20 heavy (non-hydrogen) atoms. The predicted molar refractivity (Wildman–Crippen MR) is 88.1 cm³/mol. The Morgan fingerprint density at radius 1 is 1.25 bits per heavy atom. The lowest BCUT2D eigenvalue weighted by Crippen LogP contribution is -2.47. The lowest BCUT2D eigenvalue weighted by molar-refractivity contribution is 0.0121. The van der Waals surface area contributed by atoms with Crippen LogP contribution < -0.4 is 5.32 Å². The number of rotatable bonds is 4. The summed E-state index contributed by atoms with van der Waals surface area (Å²) in [5, 5.41) is 3.70. The van der Waals surface area contributed by atoms with Gasteiger partial charge in [0.2, 0.25) is 0 Å². The highest BCUT2D eigenvalue weighted by Crippen LogP contribution is 2.34. The fraction of sp³-hybridized carbons (Fsp3) is 0.647. The molecule has 3 heteroatoms. The summed E-state index contributed by atoms with van der Waals surface area (Å²) in [4.78, 5) is 0. The molecule has 1 heterocycles. The summed E-state index contributed by atoms with van der Waals surface area (Å²) in [6, 6.07) is 8.70. The van der Waals surface area contributed by atoms with Gasteiger partial charge in [-0.2, -0.15) is 0 Å². The second-order valence-corrected chi connectivity index (χ2v) is 7.94. The van der Waals surface area contributed by atoms with Crippen molar-refractivity contribution in [1.29, 1.82) is 0 Å². The number of nitrogens with one attached hydrogen (secondary N) is 1. The standard InChI is InChI=1S/C17H26BrNO/c1-16(2,3)19-13-17(7-9-20-10-8-17)12-14-5-4-6-15(18)11-14/h4-6,11,19H,7-10,12-13H2,1-3H3. The van der Waals surface area contributed by atoms with Gasteiger partial charge < -0.3 is 10.1 Å². The van der Waals surface area contributed by atoms with Gasteiger partial charge in [-0.15, -0.1) is 0 Å². The van der Waals surface area contributed by atoms with Crippen LogP contribution in [0.4, 0.5) is 0 Å². The first-order valence-electron chi connectivity index (χ1n) is 7.46. The number of benzene rings is 1. The van der Waals surface area contributed by atoms with Crippen molar-refractivity contribution in [3.8, 4) is 0 Å². The molecule has 1 aliphatic heterocycles. The molecule has 0 spiro atoms. The first-order valence-corrected chi connectivity index (χ1v) is 8.25. The van der Waals surface area contributed by atoms with Crippen LogP contribution in [-0.4, -0.2) is 25.3 Å². The van der Waals surface area contributed by atoms with Crippen LogP contribution in [0.1, 0.15) is 39.2 Å². The van der Waals surface area contributed by atoms with E-state index in [-0.39, 0.29) is 5.54 Å².